The summed E-state index contributed by atoms with van der Waals surface area (Å²) >= 11 is 0. The molecule has 3 unspecified atom stereocenters. The van der Waals surface area contributed by atoms with Crippen molar-refractivity contribution >= 4 is 5.97 Å². The summed E-state index contributed by atoms with van der Waals surface area (Å²) in [7, 11) is 0. The second kappa shape index (κ2) is 11.0. The van der Waals surface area contributed by atoms with Gasteiger partial charge in [-0.1, -0.05) is 26.0 Å². The summed E-state index contributed by atoms with van der Waals surface area (Å²) in [4.78, 5) is 12.1. The maximum absolute atomic E-state index is 12.1. The third-order valence-corrected chi connectivity index (χ3v) is 5.91. The van der Waals surface area contributed by atoms with E-state index >= 15 is 0 Å². The van der Waals surface area contributed by atoms with Crippen LogP contribution in [0.5, 0.6) is 11.5 Å². The van der Waals surface area contributed by atoms with Crippen LogP contribution in [0, 0.1) is 13.8 Å². The molecule has 0 spiro atoms. The van der Waals surface area contributed by atoms with E-state index in [0.29, 0.717) is 17.9 Å². The van der Waals surface area contributed by atoms with Gasteiger partial charge in [0.15, 0.2) is 12.9 Å². The number of carbonyl (C=O) groups excluding carboxylic acids is 1. The zero-order chi connectivity index (χ0) is 24.1. The Labute approximate surface area is 194 Å². The van der Waals surface area contributed by atoms with E-state index in [1.807, 2.05) is 38.1 Å². The molecule has 0 bridgehead atoms. The number of rotatable bonds is 8. The fourth-order valence-corrected chi connectivity index (χ4v) is 4.14. The molecule has 180 valence electrons. The molecular formula is C26H34O7. The van der Waals surface area contributed by atoms with Crippen LogP contribution in [0.25, 0.3) is 0 Å². The van der Waals surface area contributed by atoms with Crippen molar-refractivity contribution in [3.63, 3.8) is 0 Å². The van der Waals surface area contributed by atoms with Crippen molar-refractivity contribution in [2.24, 2.45) is 0 Å². The maximum Gasteiger partial charge on any atom is 0.344 e. The lowest BCUT2D eigenvalue weighted by Crippen LogP contribution is -2.38. The van der Waals surface area contributed by atoms with E-state index in [1.54, 1.807) is 6.07 Å². The van der Waals surface area contributed by atoms with Crippen molar-refractivity contribution in [1.82, 2.24) is 0 Å². The molecule has 1 saturated heterocycles. The molecule has 0 saturated carbocycles. The molecule has 0 amide bonds. The molecule has 2 aromatic rings. The van der Waals surface area contributed by atoms with Crippen LogP contribution in [0.1, 0.15) is 60.4 Å². The number of carbonyl (C=O) groups is 1. The van der Waals surface area contributed by atoms with Gasteiger partial charge in [-0.05, 0) is 72.2 Å². The van der Waals surface area contributed by atoms with Gasteiger partial charge in [-0.15, -0.1) is 0 Å². The van der Waals surface area contributed by atoms with Gasteiger partial charge < -0.3 is 29.5 Å². The lowest BCUT2D eigenvalue weighted by Gasteiger charge is -2.29. The normalized spacial score (nSPS) is 20.6. The van der Waals surface area contributed by atoms with Crippen molar-refractivity contribution in [1.29, 1.82) is 0 Å². The first-order valence-corrected chi connectivity index (χ1v) is 11.3. The molecule has 7 nitrogen and oxygen atoms in total. The van der Waals surface area contributed by atoms with Crippen LogP contribution < -0.4 is 4.74 Å². The molecule has 1 fully saturated rings. The number of aromatic hydroxyl groups is 1. The molecule has 0 radical (unpaired) electrons. The number of ether oxygens (including phenoxy) is 3. The van der Waals surface area contributed by atoms with Gasteiger partial charge in [-0.25, -0.2) is 4.79 Å². The van der Waals surface area contributed by atoms with Crippen LogP contribution in [-0.4, -0.2) is 53.0 Å². The summed E-state index contributed by atoms with van der Waals surface area (Å²) in [6, 6.07) is 9.53. The van der Waals surface area contributed by atoms with Crippen molar-refractivity contribution < 1.29 is 34.3 Å². The molecule has 1 aliphatic heterocycles. The van der Waals surface area contributed by atoms with E-state index in [0.717, 1.165) is 28.7 Å². The molecule has 7 heteroatoms. The Hall–Kier alpha value is -2.61. The van der Waals surface area contributed by atoms with Crippen LogP contribution in [0.3, 0.4) is 0 Å². The predicted octanol–water partition coefficient (Wildman–Crippen LogP) is 3.50. The van der Waals surface area contributed by atoms with E-state index in [-0.39, 0.29) is 25.6 Å². The van der Waals surface area contributed by atoms with Gasteiger partial charge in [0, 0.05) is 12.8 Å². The number of benzene rings is 2. The summed E-state index contributed by atoms with van der Waals surface area (Å²) in [5.74, 6) is 0.597. The quantitative estimate of drug-likeness (QED) is 0.520. The fourth-order valence-electron chi connectivity index (χ4n) is 4.14. The Balaban J connectivity index is 1.56. The Kier molecular flexibility index (Phi) is 8.35. The summed E-state index contributed by atoms with van der Waals surface area (Å²) in [6.45, 7) is 7.84. The minimum absolute atomic E-state index is 0.0434. The molecule has 0 aromatic heterocycles. The fraction of sp³-hybridized carbons (Fsp3) is 0.500. The molecule has 3 atom stereocenters. The Morgan fingerprint density at radius 2 is 1.82 bits per heavy atom. The summed E-state index contributed by atoms with van der Waals surface area (Å²) < 4.78 is 16.1. The number of aliphatic hydroxyl groups is 2. The lowest BCUT2D eigenvalue weighted by atomic mass is 9.93. The van der Waals surface area contributed by atoms with E-state index in [2.05, 4.69) is 13.8 Å². The SMILES string of the molecule is Cc1cc(OCC(=O)OCC2CC(O)CC(O)O2)cc(C)c1Cc1ccc(O)c(C(C)C)c1. The Morgan fingerprint density at radius 1 is 1.12 bits per heavy atom. The Bertz CT molecular complexity index is 936. The second-order valence-corrected chi connectivity index (χ2v) is 9.07. The van der Waals surface area contributed by atoms with Crippen LogP contribution in [0.2, 0.25) is 0 Å². The highest BCUT2D eigenvalue weighted by Gasteiger charge is 2.28. The van der Waals surface area contributed by atoms with Crippen LogP contribution in [0.15, 0.2) is 30.3 Å². The van der Waals surface area contributed by atoms with E-state index in [4.69, 9.17) is 14.2 Å². The highest BCUT2D eigenvalue weighted by molar-refractivity contribution is 5.71. The first-order chi connectivity index (χ1) is 15.6. The number of hydrogen-bond donors (Lipinski definition) is 3. The number of phenolic OH excluding ortho intramolecular Hbond substituents is 1. The standard InChI is InChI=1S/C26H34O7/c1-15(2)22-9-18(5-6-24(22)28)10-23-16(3)7-20(8-17(23)4)31-14-26(30)32-13-21-11-19(27)12-25(29)33-21/h5-9,15,19,21,25,27-29H,10-14H2,1-4H3. The molecule has 33 heavy (non-hydrogen) atoms. The van der Waals surface area contributed by atoms with Gasteiger partial charge in [0.1, 0.15) is 18.1 Å². The second-order valence-electron chi connectivity index (χ2n) is 9.07. The van der Waals surface area contributed by atoms with Gasteiger partial charge in [0.05, 0.1) is 12.2 Å². The number of hydrogen-bond acceptors (Lipinski definition) is 7. The monoisotopic (exact) mass is 458 g/mol. The lowest BCUT2D eigenvalue weighted by molar-refractivity contribution is -0.203. The molecule has 1 heterocycles. The highest BCUT2D eigenvalue weighted by atomic mass is 16.6. The van der Waals surface area contributed by atoms with Crippen molar-refractivity contribution in [3.8, 4) is 11.5 Å². The maximum atomic E-state index is 12.1. The minimum Gasteiger partial charge on any atom is -0.508 e. The van der Waals surface area contributed by atoms with E-state index in [1.165, 1.54) is 5.56 Å². The van der Waals surface area contributed by atoms with Crippen molar-refractivity contribution in [2.45, 2.75) is 71.4 Å². The first-order valence-electron chi connectivity index (χ1n) is 11.3. The molecular weight excluding hydrogens is 424 g/mol. The molecule has 1 aliphatic rings. The molecule has 2 aromatic carbocycles. The number of phenols is 1. The van der Waals surface area contributed by atoms with Crippen LogP contribution in [-0.2, 0) is 20.7 Å². The van der Waals surface area contributed by atoms with Crippen LogP contribution in [0.4, 0.5) is 0 Å². The number of aliphatic hydroxyl groups excluding tert-OH is 2. The van der Waals surface area contributed by atoms with Crippen molar-refractivity contribution in [2.75, 3.05) is 13.2 Å². The predicted molar refractivity (Wildman–Crippen MR) is 123 cm³/mol. The van der Waals surface area contributed by atoms with Gasteiger partial charge in [-0.3, -0.25) is 0 Å². The molecule has 0 aliphatic carbocycles. The van der Waals surface area contributed by atoms with Crippen molar-refractivity contribution in [3.05, 3.63) is 58.1 Å². The van der Waals surface area contributed by atoms with Gasteiger partial charge in [0.25, 0.3) is 0 Å². The topological polar surface area (TPSA) is 105 Å². The third-order valence-electron chi connectivity index (χ3n) is 5.91. The minimum atomic E-state index is -1.04. The van der Waals surface area contributed by atoms with Crippen LogP contribution >= 0.6 is 0 Å². The van der Waals surface area contributed by atoms with E-state index < -0.39 is 24.5 Å². The van der Waals surface area contributed by atoms with Gasteiger partial charge >= 0.3 is 5.97 Å². The summed E-state index contributed by atoms with van der Waals surface area (Å²) in [5, 5.41) is 29.3. The zero-order valence-corrected chi connectivity index (χ0v) is 19.7. The molecule has 3 N–H and O–H groups in total. The smallest absolute Gasteiger partial charge is 0.344 e. The largest absolute Gasteiger partial charge is 0.508 e. The van der Waals surface area contributed by atoms with Gasteiger partial charge in [-0.2, -0.15) is 0 Å². The first kappa shape index (κ1) is 25.0. The summed E-state index contributed by atoms with van der Waals surface area (Å²) in [6.07, 6.45) is -1.04. The average Bonchev–Trinajstić information content (AvgIpc) is 2.73. The average molecular weight is 459 g/mol. The van der Waals surface area contributed by atoms with Gasteiger partial charge in [0.2, 0.25) is 0 Å². The molecule has 3 rings (SSSR count). The van der Waals surface area contributed by atoms with E-state index in [9.17, 15) is 20.1 Å². The summed E-state index contributed by atoms with van der Waals surface area (Å²) in [5.41, 5.74) is 5.34. The number of esters is 1. The number of aryl methyl sites for hydroxylation is 2. The highest BCUT2D eigenvalue weighted by Crippen LogP contribution is 2.29. The third kappa shape index (κ3) is 6.93. The Morgan fingerprint density at radius 3 is 2.45 bits per heavy atom. The zero-order valence-electron chi connectivity index (χ0n) is 19.7.